The number of esters is 1. The number of fused-ring (bicyclic) bond motifs is 1. The van der Waals surface area contributed by atoms with Gasteiger partial charge in [-0.05, 0) is 42.0 Å². The molecule has 0 atom stereocenters. The summed E-state index contributed by atoms with van der Waals surface area (Å²) in [5.74, 6) is -0.0888. The summed E-state index contributed by atoms with van der Waals surface area (Å²) in [6.07, 6.45) is 0. The molecule has 0 bridgehead atoms. The quantitative estimate of drug-likeness (QED) is 0.450. The minimum Gasteiger partial charge on any atom is -0.489 e. The second-order valence-electron chi connectivity index (χ2n) is 6.45. The molecular weight excluding hydrogens is 400 g/mol. The van der Waals surface area contributed by atoms with E-state index in [1.54, 1.807) is 36.4 Å². The molecule has 0 aliphatic heterocycles. The molecule has 0 fully saturated rings. The van der Waals surface area contributed by atoms with Crippen molar-refractivity contribution in [3.8, 4) is 5.75 Å². The third-order valence-electron chi connectivity index (χ3n) is 4.37. The number of carbonyl (C=O) groups is 2. The van der Waals surface area contributed by atoms with Gasteiger partial charge in [-0.25, -0.2) is 9.78 Å². The van der Waals surface area contributed by atoms with Gasteiger partial charge < -0.3 is 9.47 Å². The Labute approximate surface area is 177 Å². The minimum atomic E-state index is -0.414. The van der Waals surface area contributed by atoms with Crippen LogP contribution in [0.25, 0.3) is 10.2 Å². The summed E-state index contributed by atoms with van der Waals surface area (Å²) in [4.78, 5) is 28.8. The van der Waals surface area contributed by atoms with Gasteiger partial charge in [0, 0.05) is 5.56 Å². The molecule has 1 aromatic heterocycles. The zero-order valence-corrected chi connectivity index (χ0v) is 16.9. The van der Waals surface area contributed by atoms with Gasteiger partial charge >= 0.3 is 5.97 Å². The molecule has 0 aliphatic carbocycles. The van der Waals surface area contributed by atoms with Gasteiger partial charge in [-0.3, -0.25) is 10.1 Å². The van der Waals surface area contributed by atoms with Crippen molar-refractivity contribution in [2.75, 3.05) is 12.4 Å². The highest BCUT2D eigenvalue weighted by Crippen LogP contribution is 2.27. The highest BCUT2D eigenvalue weighted by Gasteiger charge is 2.13. The van der Waals surface area contributed by atoms with Crippen molar-refractivity contribution in [1.82, 2.24) is 4.98 Å². The predicted molar refractivity (Wildman–Crippen MR) is 116 cm³/mol. The maximum Gasteiger partial charge on any atom is 0.337 e. The van der Waals surface area contributed by atoms with Gasteiger partial charge in [0.2, 0.25) is 0 Å². The summed E-state index contributed by atoms with van der Waals surface area (Å²) in [5, 5.41) is 3.26. The molecule has 7 heteroatoms. The van der Waals surface area contributed by atoms with Crippen molar-refractivity contribution in [1.29, 1.82) is 0 Å². The molecular formula is C23H18N2O4S. The van der Waals surface area contributed by atoms with E-state index in [9.17, 15) is 9.59 Å². The number of methoxy groups -OCH3 is 1. The Balaban J connectivity index is 1.46. The standard InChI is InChI=1S/C23H18N2O4S/c1-28-22(27)17-10-11-19-20(13-17)30-23(24-19)25-21(26)16-8-5-9-18(12-16)29-14-15-6-3-2-4-7-15/h2-13H,14H2,1H3,(H,24,25,26). The first-order valence-corrected chi connectivity index (χ1v) is 10.0. The molecule has 0 radical (unpaired) electrons. The fourth-order valence-electron chi connectivity index (χ4n) is 2.86. The smallest absolute Gasteiger partial charge is 0.337 e. The van der Waals surface area contributed by atoms with E-state index < -0.39 is 5.97 Å². The largest absolute Gasteiger partial charge is 0.489 e. The lowest BCUT2D eigenvalue weighted by atomic mass is 10.2. The number of hydrogen-bond acceptors (Lipinski definition) is 6. The molecule has 1 amide bonds. The number of nitrogens with zero attached hydrogens (tertiary/aromatic N) is 1. The summed E-state index contributed by atoms with van der Waals surface area (Å²) >= 11 is 1.29. The van der Waals surface area contributed by atoms with Crippen LogP contribution in [0, 0.1) is 0 Å². The van der Waals surface area contributed by atoms with E-state index in [-0.39, 0.29) is 5.91 Å². The van der Waals surface area contributed by atoms with Crippen LogP contribution in [-0.2, 0) is 11.3 Å². The normalized spacial score (nSPS) is 10.6. The topological polar surface area (TPSA) is 77.5 Å². The number of nitrogens with one attached hydrogen (secondary N) is 1. The molecule has 0 unspecified atom stereocenters. The van der Waals surface area contributed by atoms with Gasteiger partial charge in [0.25, 0.3) is 5.91 Å². The lowest BCUT2D eigenvalue weighted by Gasteiger charge is -2.08. The maximum absolute atomic E-state index is 12.7. The van der Waals surface area contributed by atoms with Crippen molar-refractivity contribution in [3.63, 3.8) is 0 Å². The van der Waals surface area contributed by atoms with Gasteiger partial charge in [0.1, 0.15) is 12.4 Å². The number of amides is 1. The summed E-state index contributed by atoms with van der Waals surface area (Å²) in [7, 11) is 1.34. The van der Waals surface area contributed by atoms with Crippen LogP contribution >= 0.6 is 11.3 Å². The molecule has 1 heterocycles. The predicted octanol–water partition coefficient (Wildman–Crippen LogP) is 4.91. The van der Waals surface area contributed by atoms with Crippen molar-refractivity contribution in [3.05, 3.63) is 89.5 Å². The second kappa shape index (κ2) is 8.75. The number of anilines is 1. The Bertz CT molecular complexity index is 1200. The van der Waals surface area contributed by atoms with Crippen LogP contribution in [-0.4, -0.2) is 24.0 Å². The molecule has 0 aliphatic rings. The SMILES string of the molecule is COC(=O)c1ccc2nc(NC(=O)c3cccc(OCc4ccccc4)c3)sc2c1. The molecule has 30 heavy (non-hydrogen) atoms. The summed E-state index contributed by atoms with van der Waals surface area (Å²) in [5.41, 5.74) is 2.65. The third kappa shape index (κ3) is 4.47. The van der Waals surface area contributed by atoms with Crippen LogP contribution in [0.2, 0.25) is 0 Å². The average molecular weight is 418 g/mol. The van der Waals surface area contributed by atoms with E-state index in [1.165, 1.54) is 18.4 Å². The molecule has 0 spiro atoms. The second-order valence-corrected chi connectivity index (χ2v) is 7.48. The number of rotatable bonds is 6. The van der Waals surface area contributed by atoms with Gasteiger partial charge in [-0.2, -0.15) is 0 Å². The van der Waals surface area contributed by atoms with Crippen LogP contribution in [0.15, 0.2) is 72.8 Å². The van der Waals surface area contributed by atoms with E-state index >= 15 is 0 Å². The van der Waals surface area contributed by atoms with Crippen LogP contribution in [0.1, 0.15) is 26.3 Å². The summed E-state index contributed by atoms with van der Waals surface area (Å²) in [6.45, 7) is 0.423. The molecule has 0 saturated carbocycles. The van der Waals surface area contributed by atoms with Crippen LogP contribution in [0.5, 0.6) is 5.75 Å². The molecule has 6 nitrogen and oxygen atoms in total. The van der Waals surface area contributed by atoms with Crippen molar-refractivity contribution >= 4 is 38.6 Å². The van der Waals surface area contributed by atoms with Gasteiger partial charge in [-0.15, -0.1) is 0 Å². The van der Waals surface area contributed by atoms with E-state index in [0.717, 1.165) is 10.3 Å². The van der Waals surface area contributed by atoms with E-state index in [1.807, 2.05) is 36.4 Å². The van der Waals surface area contributed by atoms with Crippen molar-refractivity contribution < 1.29 is 19.1 Å². The maximum atomic E-state index is 12.7. The average Bonchev–Trinajstić information content (AvgIpc) is 3.19. The molecule has 150 valence electrons. The summed E-state index contributed by atoms with van der Waals surface area (Å²) < 4.78 is 11.3. The highest BCUT2D eigenvalue weighted by molar-refractivity contribution is 7.22. The number of benzene rings is 3. The molecule has 3 aromatic carbocycles. The Morgan fingerprint density at radius 2 is 1.80 bits per heavy atom. The van der Waals surface area contributed by atoms with Crippen LogP contribution in [0.3, 0.4) is 0 Å². The number of hydrogen-bond donors (Lipinski definition) is 1. The molecule has 4 rings (SSSR count). The number of ether oxygens (including phenoxy) is 2. The van der Waals surface area contributed by atoms with Gasteiger partial charge in [0.15, 0.2) is 5.13 Å². The number of carbonyl (C=O) groups excluding carboxylic acids is 2. The first-order chi connectivity index (χ1) is 14.6. The van der Waals surface area contributed by atoms with E-state index in [0.29, 0.717) is 34.1 Å². The van der Waals surface area contributed by atoms with Gasteiger partial charge in [-0.1, -0.05) is 47.7 Å². The van der Waals surface area contributed by atoms with E-state index in [4.69, 9.17) is 9.47 Å². The monoisotopic (exact) mass is 418 g/mol. The third-order valence-corrected chi connectivity index (χ3v) is 5.31. The fourth-order valence-corrected chi connectivity index (χ4v) is 3.76. The molecule has 4 aromatic rings. The van der Waals surface area contributed by atoms with Crippen molar-refractivity contribution in [2.24, 2.45) is 0 Å². The Morgan fingerprint density at radius 3 is 2.60 bits per heavy atom. The summed E-state index contributed by atoms with van der Waals surface area (Å²) in [6, 6.07) is 21.9. The zero-order chi connectivity index (χ0) is 20.9. The van der Waals surface area contributed by atoms with Crippen LogP contribution < -0.4 is 10.1 Å². The Morgan fingerprint density at radius 1 is 0.967 bits per heavy atom. The minimum absolute atomic E-state index is 0.285. The highest BCUT2D eigenvalue weighted by atomic mass is 32.1. The van der Waals surface area contributed by atoms with Crippen LogP contribution in [0.4, 0.5) is 5.13 Å². The van der Waals surface area contributed by atoms with Crippen molar-refractivity contribution in [2.45, 2.75) is 6.61 Å². The Kier molecular flexibility index (Phi) is 5.72. The Hall–Kier alpha value is -3.71. The fraction of sp³-hybridized carbons (Fsp3) is 0.0870. The molecule has 1 N–H and O–H groups in total. The molecule has 0 saturated heterocycles. The first kappa shape index (κ1) is 19.6. The first-order valence-electron chi connectivity index (χ1n) is 9.19. The lowest BCUT2D eigenvalue weighted by Crippen LogP contribution is -2.11. The van der Waals surface area contributed by atoms with Gasteiger partial charge in [0.05, 0.1) is 22.9 Å². The zero-order valence-electron chi connectivity index (χ0n) is 16.1. The lowest BCUT2D eigenvalue weighted by molar-refractivity contribution is 0.0601. The number of thiazole rings is 1. The number of aromatic nitrogens is 1. The van der Waals surface area contributed by atoms with E-state index in [2.05, 4.69) is 10.3 Å².